The number of hydrogen-bond acceptors (Lipinski definition) is 5. The molecule has 1 amide bonds. The standard InChI is InChI=1S/C20H24F3NO5S/c21-20(22,23)15-6-4-5-14(11-15)19(26)29-12-18(25)24(16-7-2-1-3-8-16)17-9-10-30(27,28)13-17/h4-6,11,16-17H,1-3,7-10,12-13H2. The summed E-state index contributed by atoms with van der Waals surface area (Å²) in [4.78, 5) is 26.6. The number of benzene rings is 1. The summed E-state index contributed by atoms with van der Waals surface area (Å²) in [5.74, 6) is -1.64. The van der Waals surface area contributed by atoms with Gasteiger partial charge in [0.25, 0.3) is 5.91 Å². The SMILES string of the molecule is O=C(OCC(=O)N(C1CCCCC1)C1CCS(=O)(=O)C1)c1cccc(C(F)(F)F)c1. The Balaban J connectivity index is 1.69. The molecule has 0 bridgehead atoms. The lowest BCUT2D eigenvalue weighted by Crippen LogP contribution is -2.50. The van der Waals surface area contributed by atoms with Gasteiger partial charge in [0.1, 0.15) is 0 Å². The lowest BCUT2D eigenvalue weighted by molar-refractivity contribution is -0.140. The minimum atomic E-state index is -4.60. The molecule has 1 atom stereocenters. The number of carbonyl (C=O) groups excluding carboxylic acids is 2. The van der Waals surface area contributed by atoms with E-state index in [0.717, 1.165) is 44.2 Å². The number of esters is 1. The van der Waals surface area contributed by atoms with Gasteiger partial charge in [-0.25, -0.2) is 13.2 Å². The fourth-order valence-electron chi connectivity index (χ4n) is 4.17. The molecule has 10 heteroatoms. The summed E-state index contributed by atoms with van der Waals surface area (Å²) in [6, 6.07) is 3.22. The molecule has 1 aliphatic carbocycles. The second-order valence-corrected chi connectivity index (χ2v) is 10.0. The third kappa shape index (κ3) is 5.53. The minimum absolute atomic E-state index is 0.0121. The Bertz CT molecular complexity index is 894. The van der Waals surface area contributed by atoms with Gasteiger partial charge in [-0.3, -0.25) is 4.79 Å². The first kappa shape index (κ1) is 22.6. The van der Waals surface area contributed by atoms with E-state index in [4.69, 9.17) is 4.74 Å². The van der Waals surface area contributed by atoms with Crippen LogP contribution in [0.4, 0.5) is 13.2 Å². The van der Waals surface area contributed by atoms with Crippen molar-refractivity contribution in [1.29, 1.82) is 0 Å². The molecule has 2 fully saturated rings. The maximum atomic E-state index is 12.9. The van der Waals surface area contributed by atoms with Gasteiger partial charge in [0.05, 0.1) is 22.6 Å². The van der Waals surface area contributed by atoms with E-state index in [1.165, 1.54) is 6.07 Å². The first-order valence-electron chi connectivity index (χ1n) is 9.93. The molecule has 2 aliphatic rings. The predicted octanol–water partition coefficient (Wildman–Crippen LogP) is 3.21. The quantitative estimate of drug-likeness (QED) is 0.648. The Morgan fingerprint density at radius 2 is 1.77 bits per heavy atom. The van der Waals surface area contributed by atoms with E-state index in [9.17, 15) is 31.2 Å². The van der Waals surface area contributed by atoms with Gasteiger partial charge in [-0.15, -0.1) is 0 Å². The van der Waals surface area contributed by atoms with E-state index in [1.54, 1.807) is 4.90 Å². The van der Waals surface area contributed by atoms with Crippen LogP contribution in [0.25, 0.3) is 0 Å². The Morgan fingerprint density at radius 3 is 2.37 bits per heavy atom. The zero-order valence-corrected chi connectivity index (χ0v) is 17.2. The van der Waals surface area contributed by atoms with Gasteiger partial charge < -0.3 is 9.64 Å². The Kier molecular flexibility index (Phi) is 6.74. The smallest absolute Gasteiger partial charge is 0.416 e. The highest BCUT2D eigenvalue weighted by Crippen LogP contribution is 2.30. The Labute approximate surface area is 173 Å². The van der Waals surface area contributed by atoms with Crippen LogP contribution in [0, 0.1) is 0 Å². The average molecular weight is 447 g/mol. The monoisotopic (exact) mass is 447 g/mol. The Morgan fingerprint density at radius 1 is 1.07 bits per heavy atom. The van der Waals surface area contributed by atoms with Crippen LogP contribution in [0.5, 0.6) is 0 Å². The molecule has 3 rings (SSSR count). The minimum Gasteiger partial charge on any atom is -0.452 e. The summed E-state index contributed by atoms with van der Waals surface area (Å²) in [5.41, 5.74) is -1.28. The zero-order chi connectivity index (χ0) is 21.9. The Hall–Kier alpha value is -2.10. The van der Waals surface area contributed by atoms with Crippen molar-refractivity contribution in [2.45, 2.75) is 56.8 Å². The summed E-state index contributed by atoms with van der Waals surface area (Å²) in [6.45, 7) is -0.637. The number of nitrogens with zero attached hydrogens (tertiary/aromatic N) is 1. The van der Waals surface area contributed by atoms with Crippen LogP contribution >= 0.6 is 0 Å². The van der Waals surface area contributed by atoms with Gasteiger partial charge in [0.15, 0.2) is 16.4 Å². The first-order chi connectivity index (χ1) is 14.1. The highest BCUT2D eigenvalue weighted by molar-refractivity contribution is 7.91. The molecule has 30 heavy (non-hydrogen) atoms. The third-order valence-electron chi connectivity index (χ3n) is 5.61. The maximum Gasteiger partial charge on any atom is 0.416 e. The van der Waals surface area contributed by atoms with Crippen LogP contribution in [0.2, 0.25) is 0 Å². The van der Waals surface area contributed by atoms with Gasteiger partial charge >= 0.3 is 12.1 Å². The summed E-state index contributed by atoms with van der Waals surface area (Å²) >= 11 is 0. The second-order valence-electron chi connectivity index (χ2n) is 7.80. The topological polar surface area (TPSA) is 80.8 Å². The van der Waals surface area contributed by atoms with Crippen molar-refractivity contribution >= 4 is 21.7 Å². The van der Waals surface area contributed by atoms with E-state index in [1.807, 2.05) is 0 Å². The number of rotatable bonds is 5. The molecule has 1 aromatic rings. The van der Waals surface area contributed by atoms with Crippen molar-refractivity contribution in [3.05, 3.63) is 35.4 Å². The predicted molar refractivity (Wildman–Crippen MR) is 103 cm³/mol. The van der Waals surface area contributed by atoms with Crippen LogP contribution in [0.15, 0.2) is 24.3 Å². The largest absolute Gasteiger partial charge is 0.452 e. The van der Waals surface area contributed by atoms with Gasteiger partial charge in [-0.2, -0.15) is 13.2 Å². The molecule has 1 heterocycles. The number of sulfone groups is 1. The van der Waals surface area contributed by atoms with Crippen molar-refractivity contribution in [1.82, 2.24) is 4.90 Å². The molecule has 1 unspecified atom stereocenters. The number of ether oxygens (including phenoxy) is 1. The van der Waals surface area contributed by atoms with Gasteiger partial charge in [0, 0.05) is 12.1 Å². The molecule has 1 saturated carbocycles. The molecule has 0 N–H and O–H groups in total. The van der Waals surface area contributed by atoms with Crippen LogP contribution in [0.3, 0.4) is 0 Å². The molecular weight excluding hydrogens is 423 g/mol. The van der Waals surface area contributed by atoms with Crippen LogP contribution < -0.4 is 0 Å². The van der Waals surface area contributed by atoms with Crippen LogP contribution in [-0.4, -0.2) is 55.4 Å². The third-order valence-corrected chi connectivity index (χ3v) is 7.36. The van der Waals surface area contributed by atoms with E-state index in [0.29, 0.717) is 12.5 Å². The van der Waals surface area contributed by atoms with E-state index in [2.05, 4.69) is 0 Å². The molecule has 1 saturated heterocycles. The molecule has 166 valence electrons. The number of hydrogen-bond donors (Lipinski definition) is 0. The summed E-state index contributed by atoms with van der Waals surface area (Å²) in [7, 11) is -3.21. The number of halogens is 3. The highest BCUT2D eigenvalue weighted by atomic mass is 32.2. The molecule has 0 aromatic heterocycles. The summed E-state index contributed by atoms with van der Waals surface area (Å²) in [5, 5.41) is 0. The molecule has 0 radical (unpaired) electrons. The summed E-state index contributed by atoms with van der Waals surface area (Å²) < 4.78 is 67.3. The number of carbonyl (C=O) groups is 2. The highest BCUT2D eigenvalue weighted by Gasteiger charge is 2.39. The van der Waals surface area contributed by atoms with Gasteiger partial charge in [0.2, 0.25) is 0 Å². The van der Waals surface area contributed by atoms with E-state index < -0.39 is 46.1 Å². The van der Waals surface area contributed by atoms with Crippen molar-refractivity contribution in [3.63, 3.8) is 0 Å². The van der Waals surface area contributed by atoms with E-state index >= 15 is 0 Å². The molecule has 1 aliphatic heterocycles. The van der Waals surface area contributed by atoms with Crippen LogP contribution in [-0.2, 0) is 25.5 Å². The van der Waals surface area contributed by atoms with Crippen molar-refractivity contribution < 1.29 is 35.9 Å². The second kappa shape index (κ2) is 8.95. The average Bonchev–Trinajstić information content (AvgIpc) is 3.05. The van der Waals surface area contributed by atoms with Crippen LogP contribution in [0.1, 0.15) is 54.4 Å². The van der Waals surface area contributed by atoms with Crippen molar-refractivity contribution in [2.75, 3.05) is 18.1 Å². The van der Waals surface area contributed by atoms with Crippen molar-refractivity contribution in [2.24, 2.45) is 0 Å². The fraction of sp³-hybridized carbons (Fsp3) is 0.600. The number of amides is 1. The van der Waals surface area contributed by atoms with Gasteiger partial charge in [-0.05, 0) is 37.5 Å². The fourth-order valence-corrected chi connectivity index (χ4v) is 5.88. The zero-order valence-electron chi connectivity index (χ0n) is 16.4. The molecule has 0 spiro atoms. The lowest BCUT2D eigenvalue weighted by Gasteiger charge is -2.38. The molecular formula is C20H24F3NO5S. The van der Waals surface area contributed by atoms with E-state index in [-0.39, 0.29) is 23.1 Å². The van der Waals surface area contributed by atoms with Gasteiger partial charge in [-0.1, -0.05) is 25.3 Å². The molecule has 6 nitrogen and oxygen atoms in total. The van der Waals surface area contributed by atoms with Crippen molar-refractivity contribution in [3.8, 4) is 0 Å². The molecule has 1 aromatic carbocycles. The normalized spacial score (nSPS) is 21.9. The summed E-state index contributed by atoms with van der Waals surface area (Å²) in [6.07, 6.45) is 0.152. The number of alkyl halides is 3. The maximum absolute atomic E-state index is 12.9. The lowest BCUT2D eigenvalue weighted by atomic mass is 9.93. The first-order valence-corrected chi connectivity index (χ1v) is 11.7.